The number of ketones is 1. The van der Waals surface area contributed by atoms with E-state index in [9.17, 15) is 9.90 Å². The van der Waals surface area contributed by atoms with Gasteiger partial charge in [-0.05, 0) is 55.4 Å². The van der Waals surface area contributed by atoms with Crippen LogP contribution in [0.4, 0.5) is 0 Å². The molecule has 1 heterocycles. The molecular weight excluding hydrogens is 264 g/mol. The second-order valence-corrected chi connectivity index (χ2v) is 7.07. The van der Waals surface area contributed by atoms with Crippen molar-refractivity contribution in [2.45, 2.75) is 49.7 Å². The maximum absolute atomic E-state index is 12.5. The van der Waals surface area contributed by atoms with Crippen molar-refractivity contribution in [1.82, 2.24) is 0 Å². The molecule has 1 spiro atoms. The number of hydrogen-bond acceptors (Lipinski definition) is 3. The molecule has 1 fully saturated rings. The van der Waals surface area contributed by atoms with Gasteiger partial charge in [-0.2, -0.15) is 0 Å². The van der Waals surface area contributed by atoms with Gasteiger partial charge in [-0.15, -0.1) is 0 Å². The van der Waals surface area contributed by atoms with Gasteiger partial charge < -0.3 is 9.84 Å². The first-order valence-electron chi connectivity index (χ1n) is 7.83. The van der Waals surface area contributed by atoms with Gasteiger partial charge in [-0.25, -0.2) is 0 Å². The number of benzene rings is 1. The monoisotopic (exact) mass is 282 g/mol. The zero-order valence-electron chi connectivity index (χ0n) is 12.1. The van der Waals surface area contributed by atoms with Crippen molar-refractivity contribution in [3.8, 4) is 5.75 Å². The second kappa shape index (κ2) is 3.41. The Morgan fingerprint density at radius 3 is 3.10 bits per heavy atom. The third-order valence-electron chi connectivity index (χ3n) is 6.26. The van der Waals surface area contributed by atoms with Crippen LogP contribution in [-0.2, 0) is 16.6 Å². The van der Waals surface area contributed by atoms with Gasteiger partial charge in [-0.1, -0.05) is 18.6 Å². The normalized spacial score (nSPS) is 41.7. The van der Waals surface area contributed by atoms with Crippen LogP contribution in [0.15, 0.2) is 24.3 Å². The minimum Gasteiger partial charge on any atom is -0.481 e. The van der Waals surface area contributed by atoms with Gasteiger partial charge in [0, 0.05) is 5.56 Å². The highest BCUT2D eigenvalue weighted by Crippen LogP contribution is 2.64. The van der Waals surface area contributed by atoms with Gasteiger partial charge in [0.1, 0.15) is 11.4 Å². The average molecular weight is 282 g/mol. The predicted octanol–water partition coefficient (Wildman–Crippen LogP) is 2.22. The maximum Gasteiger partial charge on any atom is 0.196 e. The molecule has 0 aromatic heterocycles. The maximum atomic E-state index is 12.5. The lowest BCUT2D eigenvalue weighted by atomic mass is 9.47. The summed E-state index contributed by atoms with van der Waals surface area (Å²) in [7, 11) is 0. The number of ether oxygens (including phenoxy) is 1. The highest BCUT2D eigenvalue weighted by Gasteiger charge is 2.70. The van der Waals surface area contributed by atoms with Crippen LogP contribution >= 0.6 is 0 Å². The van der Waals surface area contributed by atoms with Crippen LogP contribution in [0.5, 0.6) is 5.75 Å². The van der Waals surface area contributed by atoms with E-state index in [1.165, 1.54) is 5.56 Å². The number of aliphatic hydroxyl groups is 1. The first kappa shape index (κ1) is 12.0. The fourth-order valence-corrected chi connectivity index (χ4v) is 5.37. The van der Waals surface area contributed by atoms with Crippen LogP contribution in [0.1, 0.15) is 36.0 Å². The van der Waals surface area contributed by atoms with Crippen LogP contribution in [-0.4, -0.2) is 22.6 Å². The smallest absolute Gasteiger partial charge is 0.196 e. The minimum atomic E-state index is -0.921. The largest absolute Gasteiger partial charge is 0.481 e. The fraction of sp³-hybridized carbons (Fsp3) is 0.500. The van der Waals surface area contributed by atoms with E-state index in [1.807, 2.05) is 6.92 Å². The number of carbonyl (C=O) groups excluding carboxylic acids is 1. The molecule has 4 atom stereocenters. The predicted molar refractivity (Wildman–Crippen MR) is 77.4 cm³/mol. The first-order valence-corrected chi connectivity index (χ1v) is 7.83. The van der Waals surface area contributed by atoms with Crippen LogP contribution in [0.2, 0.25) is 0 Å². The number of hydrogen-bond donors (Lipinski definition) is 1. The Bertz CT molecular complexity index is 719. The number of rotatable bonds is 0. The lowest BCUT2D eigenvalue weighted by Gasteiger charge is -2.57. The lowest BCUT2D eigenvalue weighted by molar-refractivity contribution is -0.144. The van der Waals surface area contributed by atoms with Gasteiger partial charge in [0.2, 0.25) is 0 Å². The molecule has 1 N–H and O–H groups in total. The van der Waals surface area contributed by atoms with Crippen molar-refractivity contribution in [2.75, 3.05) is 0 Å². The molecule has 1 aromatic rings. The summed E-state index contributed by atoms with van der Waals surface area (Å²) in [6.07, 6.45) is 6.59. The molecule has 4 aliphatic rings. The molecule has 3 aliphatic carbocycles. The molecule has 0 unspecified atom stereocenters. The van der Waals surface area contributed by atoms with Crippen molar-refractivity contribution < 1.29 is 14.6 Å². The van der Waals surface area contributed by atoms with E-state index in [4.69, 9.17) is 4.74 Å². The van der Waals surface area contributed by atoms with Crippen LogP contribution in [0.3, 0.4) is 0 Å². The van der Waals surface area contributed by atoms with E-state index >= 15 is 0 Å². The molecule has 1 aromatic carbocycles. The summed E-state index contributed by atoms with van der Waals surface area (Å²) in [6.45, 7) is 2.02. The summed E-state index contributed by atoms with van der Waals surface area (Å²) < 4.78 is 6.13. The second-order valence-electron chi connectivity index (χ2n) is 7.07. The molecule has 0 amide bonds. The summed E-state index contributed by atoms with van der Waals surface area (Å²) in [5, 5.41) is 11.5. The highest BCUT2D eigenvalue weighted by atomic mass is 16.5. The van der Waals surface area contributed by atoms with Crippen LogP contribution in [0, 0.1) is 12.8 Å². The summed E-state index contributed by atoms with van der Waals surface area (Å²) >= 11 is 0. The molecule has 108 valence electrons. The van der Waals surface area contributed by atoms with E-state index in [-0.39, 0.29) is 11.7 Å². The SMILES string of the molecule is Cc1ccc2c3c1O[C@H]1C(=O)C=C[C@@]4(O)[C@H](CCC[C@]314)C2. The third-order valence-corrected chi connectivity index (χ3v) is 6.26. The van der Waals surface area contributed by atoms with Crippen LogP contribution < -0.4 is 4.74 Å². The van der Waals surface area contributed by atoms with E-state index in [2.05, 4.69) is 12.1 Å². The van der Waals surface area contributed by atoms with Gasteiger partial charge in [-0.3, -0.25) is 4.79 Å². The lowest BCUT2D eigenvalue weighted by Crippen LogP contribution is -2.68. The van der Waals surface area contributed by atoms with Crippen molar-refractivity contribution in [3.63, 3.8) is 0 Å². The molecule has 3 nitrogen and oxygen atoms in total. The molecule has 0 saturated heterocycles. The summed E-state index contributed by atoms with van der Waals surface area (Å²) in [6, 6.07) is 4.25. The van der Waals surface area contributed by atoms with Gasteiger partial charge >= 0.3 is 0 Å². The molecule has 1 saturated carbocycles. The quantitative estimate of drug-likeness (QED) is 0.793. The van der Waals surface area contributed by atoms with Crippen molar-refractivity contribution in [2.24, 2.45) is 5.92 Å². The fourth-order valence-electron chi connectivity index (χ4n) is 5.37. The van der Waals surface area contributed by atoms with Gasteiger partial charge in [0.05, 0.1) is 5.41 Å². The van der Waals surface area contributed by atoms with Crippen LogP contribution in [0.25, 0.3) is 0 Å². The molecule has 1 aliphatic heterocycles. The Labute approximate surface area is 123 Å². The summed E-state index contributed by atoms with van der Waals surface area (Å²) in [5.74, 6) is 1.06. The van der Waals surface area contributed by atoms with Crippen molar-refractivity contribution in [1.29, 1.82) is 0 Å². The molecule has 21 heavy (non-hydrogen) atoms. The Morgan fingerprint density at radius 1 is 1.38 bits per heavy atom. The molecule has 0 radical (unpaired) electrons. The Balaban J connectivity index is 1.93. The van der Waals surface area contributed by atoms with Gasteiger partial charge in [0.25, 0.3) is 0 Å². The van der Waals surface area contributed by atoms with E-state index in [0.717, 1.165) is 42.6 Å². The number of aryl methyl sites for hydroxylation is 1. The molecule has 2 bridgehead atoms. The Morgan fingerprint density at radius 2 is 2.24 bits per heavy atom. The minimum absolute atomic E-state index is 0.00350. The summed E-state index contributed by atoms with van der Waals surface area (Å²) in [4.78, 5) is 12.5. The molecular formula is C18H18O3. The average Bonchev–Trinajstić information content (AvgIpc) is 2.80. The third kappa shape index (κ3) is 1.09. The highest BCUT2D eigenvalue weighted by molar-refractivity contribution is 5.98. The van der Waals surface area contributed by atoms with E-state index < -0.39 is 17.1 Å². The van der Waals surface area contributed by atoms with Gasteiger partial charge in [0.15, 0.2) is 11.9 Å². The van der Waals surface area contributed by atoms with E-state index in [1.54, 1.807) is 12.2 Å². The molecule has 3 heteroatoms. The zero-order chi connectivity index (χ0) is 14.4. The van der Waals surface area contributed by atoms with Crippen molar-refractivity contribution >= 4 is 5.78 Å². The topological polar surface area (TPSA) is 46.5 Å². The summed E-state index contributed by atoms with van der Waals surface area (Å²) in [5.41, 5.74) is 2.00. The van der Waals surface area contributed by atoms with Crippen molar-refractivity contribution in [3.05, 3.63) is 41.0 Å². The molecule has 5 rings (SSSR count). The Kier molecular flexibility index (Phi) is 1.95. The zero-order valence-corrected chi connectivity index (χ0v) is 12.1. The number of carbonyl (C=O) groups is 1. The Hall–Kier alpha value is -1.61. The first-order chi connectivity index (χ1) is 10.1. The van der Waals surface area contributed by atoms with E-state index in [0.29, 0.717) is 0 Å². The standard InChI is InChI=1S/C18H18O3/c1-10-4-5-11-9-12-3-2-7-17-14(11)15(10)21-16(17)13(19)6-8-18(12,17)20/h4-6,8,12,16,20H,2-3,7,9H2,1H3/t12-,16+,17+,18-/m1/s1.